The normalized spacial score (nSPS) is 10.8. The number of para-hydroxylation sites is 1. The number of benzene rings is 1. The molecule has 3 rings (SSSR count). The van der Waals surface area contributed by atoms with E-state index < -0.39 is 0 Å². The van der Waals surface area contributed by atoms with E-state index >= 15 is 0 Å². The molecule has 1 aromatic carbocycles. The molecule has 0 atom stereocenters. The van der Waals surface area contributed by atoms with Gasteiger partial charge in [-0.2, -0.15) is 0 Å². The smallest absolute Gasteiger partial charge is 0.248 e. The topological polar surface area (TPSA) is 37.8 Å². The van der Waals surface area contributed by atoms with Gasteiger partial charge in [0.05, 0.1) is 11.0 Å². The highest BCUT2D eigenvalue weighted by atomic mass is 16.1. The first-order valence-electron chi connectivity index (χ1n) is 5.10. The number of hydrogen-bond acceptors (Lipinski definition) is 1. The van der Waals surface area contributed by atoms with Gasteiger partial charge in [0.2, 0.25) is 5.56 Å². The summed E-state index contributed by atoms with van der Waals surface area (Å²) in [6, 6.07) is 15.3. The van der Waals surface area contributed by atoms with Crippen LogP contribution in [0.5, 0.6) is 0 Å². The highest BCUT2D eigenvalue weighted by Gasteiger charge is 2.02. The van der Waals surface area contributed by atoms with Gasteiger partial charge in [-0.1, -0.05) is 18.2 Å². The van der Waals surface area contributed by atoms with Crippen LogP contribution in [0.3, 0.4) is 0 Å². The van der Waals surface area contributed by atoms with Crippen molar-refractivity contribution in [2.24, 2.45) is 0 Å². The summed E-state index contributed by atoms with van der Waals surface area (Å²) in [5.74, 6) is 0. The molecule has 0 spiro atoms. The fourth-order valence-corrected chi connectivity index (χ4v) is 1.86. The van der Waals surface area contributed by atoms with Crippen LogP contribution in [-0.2, 0) is 0 Å². The molecule has 3 aromatic rings. The maximum Gasteiger partial charge on any atom is 0.248 e. The number of rotatable bonds is 1. The molecule has 2 heterocycles. The van der Waals surface area contributed by atoms with Crippen molar-refractivity contribution in [3.8, 4) is 5.69 Å². The van der Waals surface area contributed by atoms with Crippen LogP contribution in [0.1, 0.15) is 0 Å². The molecule has 0 radical (unpaired) electrons. The standard InChI is InChI=1S/C13H10N2O/c16-13-7-6-12-11(14-13)8-9-15(12)10-4-2-1-3-5-10/h1-9H,(H,14,16). The van der Waals surface area contributed by atoms with E-state index in [0.717, 1.165) is 16.7 Å². The molecule has 0 aliphatic heterocycles. The molecule has 2 aromatic heterocycles. The Bertz CT molecular complexity index is 680. The number of H-pyrrole nitrogens is 1. The molecule has 0 amide bonds. The van der Waals surface area contributed by atoms with Crippen LogP contribution in [0.4, 0.5) is 0 Å². The maximum absolute atomic E-state index is 11.2. The zero-order valence-corrected chi connectivity index (χ0v) is 8.55. The van der Waals surface area contributed by atoms with E-state index in [4.69, 9.17) is 0 Å². The first-order valence-corrected chi connectivity index (χ1v) is 5.10. The van der Waals surface area contributed by atoms with Gasteiger partial charge in [0.15, 0.2) is 0 Å². The Morgan fingerprint density at radius 3 is 2.56 bits per heavy atom. The fourth-order valence-electron chi connectivity index (χ4n) is 1.86. The van der Waals surface area contributed by atoms with Crippen LogP contribution < -0.4 is 5.56 Å². The average Bonchev–Trinajstić information content (AvgIpc) is 2.73. The predicted molar refractivity (Wildman–Crippen MR) is 63.9 cm³/mol. The lowest BCUT2D eigenvalue weighted by Gasteiger charge is -2.03. The van der Waals surface area contributed by atoms with Gasteiger partial charge < -0.3 is 9.55 Å². The van der Waals surface area contributed by atoms with Crippen molar-refractivity contribution in [1.82, 2.24) is 9.55 Å². The number of pyridine rings is 1. The second-order valence-corrected chi connectivity index (χ2v) is 3.64. The minimum absolute atomic E-state index is 0.0710. The molecule has 0 saturated carbocycles. The summed E-state index contributed by atoms with van der Waals surface area (Å²) in [5, 5.41) is 0. The minimum atomic E-state index is -0.0710. The van der Waals surface area contributed by atoms with Gasteiger partial charge in [-0.3, -0.25) is 4.79 Å². The van der Waals surface area contributed by atoms with Crippen LogP contribution in [0, 0.1) is 0 Å². The minimum Gasteiger partial charge on any atom is -0.321 e. The monoisotopic (exact) mass is 210 g/mol. The number of nitrogens with zero attached hydrogens (tertiary/aromatic N) is 1. The van der Waals surface area contributed by atoms with Gasteiger partial charge in [0.25, 0.3) is 0 Å². The third-order valence-corrected chi connectivity index (χ3v) is 2.61. The molecular formula is C13H10N2O. The molecule has 1 N–H and O–H groups in total. The largest absolute Gasteiger partial charge is 0.321 e. The van der Waals surface area contributed by atoms with Crippen molar-refractivity contribution in [2.75, 3.05) is 0 Å². The molecule has 0 aliphatic carbocycles. The average molecular weight is 210 g/mol. The first kappa shape index (κ1) is 8.97. The van der Waals surface area contributed by atoms with E-state index in [-0.39, 0.29) is 5.56 Å². The number of aromatic nitrogens is 2. The molecule has 3 heteroatoms. The molecular weight excluding hydrogens is 200 g/mol. The zero-order chi connectivity index (χ0) is 11.0. The van der Waals surface area contributed by atoms with Crippen LogP contribution in [-0.4, -0.2) is 9.55 Å². The fraction of sp³-hybridized carbons (Fsp3) is 0. The van der Waals surface area contributed by atoms with E-state index in [9.17, 15) is 4.79 Å². The van der Waals surface area contributed by atoms with Crippen molar-refractivity contribution >= 4 is 11.0 Å². The Balaban J connectivity index is 2.30. The van der Waals surface area contributed by atoms with Crippen LogP contribution >= 0.6 is 0 Å². The summed E-state index contributed by atoms with van der Waals surface area (Å²) in [7, 11) is 0. The van der Waals surface area contributed by atoms with E-state index in [0.29, 0.717) is 0 Å². The summed E-state index contributed by atoms with van der Waals surface area (Å²) in [6.07, 6.45) is 1.95. The molecule has 3 nitrogen and oxygen atoms in total. The number of nitrogens with one attached hydrogen (secondary N) is 1. The summed E-state index contributed by atoms with van der Waals surface area (Å²) in [6.45, 7) is 0. The SMILES string of the molecule is O=c1ccc2c(ccn2-c2ccccc2)[nH]1. The summed E-state index contributed by atoms with van der Waals surface area (Å²) in [4.78, 5) is 14.0. The van der Waals surface area contributed by atoms with E-state index in [2.05, 4.69) is 4.98 Å². The highest BCUT2D eigenvalue weighted by Crippen LogP contribution is 2.16. The number of hydrogen-bond donors (Lipinski definition) is 1. The predicted octanol–water partition coefficient (Wildman–Crippen LogP) is 2.32. The Morgan fingerprint density at radius 2 is 1.75 bits per heavy atom. The molecule has 0 fully saturated rings. The van der Waals surface area contributed by atoms with Gasteiger partial charge in [0, 0.05) is 18.0 Å². The molecule has 0 unspecified atom stereocenters. The van der Waals surface area contributed by atoms with Gasteiger partial charge >= 0.3 is 0 Å². The van der Waals surface area contributed by atoms with Crippen LogP contribution in [0.2, 0.25) is 0 Å². The van der Waals surface area contributed by atoms with Crippen molar-refractivity contribution in [3.05, 3.63) is 65.1 Å². The summed E-state index contributed by atoms with van der Waals surface area (Å²) >= 11 is 0. The quantitative estimate of drug-likeness (QED) is 0.657. The van der Waals surface area contributed by atoms with Crippen LogP contribution in [0.25, 0.3) is 16.7 Å². The van der Waals surface area contributed by atoms with E-state index in [1.165, 1.54) is 0 Å². The number of fused-ring (bicyclic) bond motifs is 1. The maximum atomic E-state index is 11.2. The van der Waals surface area contributed by atoms with Crippen molar-refractivity contribution in [2.45, 2.75) is 0 Å². The van der Waals surface area contributed by atoms with Crippen molar-refractivity contribution in [1.29, 1.82) is 0 Å². The lowest BCUT2D eigenvalue weighted by atomic mass is 10.3. The molecule has 78 valence electrons. The third-order valence-electron chi connectivity index (χ3n) is 2.61. The zero-order valence-electron chi connectivity index (χ0n) is 8.55. The molecule has 0 bridgehead atoms. The highest BCUT2D eigenvalue weighted by molar-refractivity contribution is 5.77. The lowest BCUT2D eigenvalue weighted by molar-refractivity contribution is 1.12. The number of aromatic amines is 1. The Morgan fingerprint density at radius 1 is 0.938 bits per heavy atom. The summed E-state index contributed by atoms with van der Waals surface area (Å²) < 4.78 is 2.05. The van der Waals surface area contributed by atoms with E-state index in [1.807, 2.05) is 53.2 Å². The Labute approximate surface area is 92.0 Å². The van der Waals surface area contributed by atoms with Gasteiger partial charge in [-0.15, -0.1) is 0 Å². The Hall–Kier alpha value is -2.29. The van der Waals surface area contributed by atoms with Gasteiger partial charge in [0.1, 0.15) is 0 Å². The Kier molecular flexibility index (Phi) is 1.90. The van der Waals surface area contributed by atoms with Crippen molar-refractivity contribution < 1.29 is 0 Å². The molecule has 0 saturated heterocycles. The molecule has 16 heavy (non-hydrogen) atoms. The van der Waals surface area contributed by atoms with Crippen LogP contribution in [0.15, 0.2) is 59.5 Å². The molecule has 0 aliphatic rings. The first-order chi connectivity index (χ1) is 7.84. The second kappa shape index (κ2) is 3.38. The summed E-state index contributed by atoms with van der Waals surface area (Å²) in [5.41, 5.74) is 2.88. The van der Waals surface area contributed by atoms with Crippen molar-refractivity contribution in [3.63, 3.8) is 0 Å². The third kappa shape index (κ3) is 1.34. The van der Waals surface area contributed by atoms with Gasteiger partial charge in [-0.25, -0.2) is 0 Å². The van der Waals surface area contributed by atoms with Gasteiger partial charge in [-0.05, 0) is 24.3 Å². The second-order valence-electron chi connectivity index (χ2n) is 3.64. The lowest BCUT2D eigenvalue weighted by Crippen LogP contribution is -2.02. The van der Waals surface area contributed by atoms with E-state index in [1.54, 1.807) is 6.07 Å².